The molecule has 1 aromatic carbocycles. The number of rotatable bonds is 3. The number of halogens is 1. The molecule has 100 valence electrons. The van der Waals surface area contributed by atoms with E-state index in [-0.39, 0.29) is 24.4 Å². The zero-order valence-corrected chi connectivity index (χ0v) is 11.0. The predicted molar refractivity (Wildman–Crippen MR) is 74.9 cm³/mol. The van der Waals surface area contributed by atoms with Gasteiger partial charge in [0.05, 0.1) is 23.9 Å². The molecule has 1 fully saturated rings. The SMILES string of the molecule is Cl.Nc1ccccc1NC(=O)CC1CCCCO1. The quantitative estimate of drug-likeness (QED) is 0.830. The maximum Gasteiger partial charge on any atom is 0.227 e. The van der Waals surface area contributed by atoms with Gasteiger partial charge in [-0.3, -0.25) is 4.79 Å². The molecule has 1 saturated heterocycles. The summed E-state index contributed by atoms with van der Waals surface area (Å²) in [5.74, 6) is -0.0326. The van der Waals surface area contributed by atoms with Gasteiger partial charge in [0.2, 0.25) is 5.91 Å². The first-order chi connectivity index (χ1) is 8.25. The average molecular weight is 271 g/mol. The van der Waals surface area contributed by atoms with E-state index in [0.717, 1.165) is 25.9 Å². The minimum atomic E-state index is -0.0326. The van der Waals surface area contributed by atoms with Crippen molar-refractivity contribution in [1.29, 1.82) is 0 Å². The van der Waals surface area contributed by atoms with Crippen LogP contribution >= 0.6 is 12.4 Å². The van der Waals surface area contributed by atoms with Crippen LogP contribution in [-0.2, 0) is 9.53 Å². The summed E-state index contributed by atoms with van der Waals surface area (Å²) in [5.41, 5.74) is 7.02. The molecule has 0 bridgehead atoms. The Kier molecular flexibility index (Phi) is 5.95. The third-order valence-corrected chi connectivity index (χ3v) is 2.92. The molecule has 0 saturated carbocycles. The van der Waals surface area contributed by atoms with Gasteiger partial charge in [0, 0.05) is 6.61 Å². The molecule has 0 radical (unpaired) electrons. The highest BCUT2D eigenvalue weighted by molar-refractivity contribution is 5.94. The first kappa shape index (κ1) is 14.8. The fourth-order valence-corrected chi connectivity index (χ4v) is 1.99. The van der Waals surface area contributed by atoms with Crippen molar-refractivity contribution >= 4 is 29.7 Å². The van der Waals surface area contributed by atoms with E-state index >= 15 is 0 Å². The zero-order valence-electron chi connectivity index (χ0n) is 10.2. The highest BCUT2D eigenvalue weighted by Crippen LogP contribution is 2.19. The van der Waals surface area contributed by atoms with E-state index in [1.54, 1.807) is 12.1 Å². The molecule has 2 rings (SSSR count). The van der Waals surface area contributed by atoms with Crippen LogP contribution in [0.3, 0.4) is 0 Å². The molecule has 1 aliphatic rings. The number of benzene rings is 1. The van der Waals surface area contributed by atoms with Crippen molar-refractivity contribution in [3.63, 3.8) is 0 Å². The zero-order chi connectivity index (χ0) is 12.1. The van der Waals surface area contributed by atoms with Crippen LogP contribution in [0.4, 0.5) is 11.4 Å². The molecule has 1 amide bonds. The van der Waals surface area contributed by atoms with Gasteiger partial charge in [-0.1, -0.05) is 12.1 Å². The number of carbonyl (C=O) groups is 1. The third kappa shape index (κ3) is 4.20. The Bertz CT molecular complexity index is 392. The second kappa shape index (κ2) is 7.24. The molecule has 5 heteroatoms. The molecule has 1 unspecified atom stereocenters. The molecule has 1 atom stereocenters. The maximum atomic E-state index is 11.8. The van der Waals surface area contributed by atoms with Crippen molar-refractivity contribution in [1.82, 2.24) is 0 Å². The van der Waals surface area contributed by atoms with Gasteiger partial charge >= 0.3 is 0 Å². The Morgan fingerprint density at radius 3 is 2.83 bits per heavy atom. The van der Waals surface area contributed by atoms with E-state index in [2.05, 4.69) is 5.32 Å². The van der Waals surface area contributed by atoms with Crippen LogP contribution in [0.15, 0.2) is 24.3 Å². The van der Waals surface area contributed by atoms with E-state index in [0.29, 0.717) is 17.8 Å². The second-order valence-corrected chi connectivity index (χ2v) is 4.33. The standard InChI is InChI=1S/C13H18N2O2.ClH/c14-11-6-1-2-7-12(11)15-13(16)9-10-5-3-4-8-17-10;/h1-2,6-7,10H,3-5,8-9,14H2,(H,15,16);1H. The topological polar surface area (TPSA) is 64.3 Å². The molecule has 1 aromatic rings. The van der Waals surface area contributed by atoms with Gasteiger partial charge in [-0.2, -0.15) is 0 Å². The van der Waals surface area contributed by atoms with Gasteiger partial charge in [0.1, 0.15) is 0 Å². The Hall–Kier alpha value is -1.26. The minimum Gasteiger partial charge on any atom is -0.397 e. The minimum absolute atomic E-state index is 0. The van der Waals surface area contributed by atoms with Crippen LogP contribution < -0.4 is 11.1 Å². The van der Waals surface area contributed by atoms with E-state index in [4.69, 9.17) is 10.5 Å². The number of nitrogens with one attached hydrogen (secondary N) is 1. The van der Waals surface area contributed by atoms with Crippen molar-refractivity contribution < 1.29 is 9.53 Å². The lowest BCUT2D eigenvalue weighted by Crippen LogP contribution is -2.25. The third-order valence-electron chi connectivity index (χ3n) is 2.92. The summed E-state index contributed by atoms with van der Waals surface area (Å²) >= 11 is 0. The number of nitrogens with two attached hydrogens (primary N) is 1. The molecule has 0 spiro atoms. The van der Waals surface area contributed by atoms with Crippen molar-refractivity contribution in [2.24, 2.45) is 0 Å². The van der Waals surface area contributed by atoms with Crippen LogP contribution in [-0.4, -0.2) is 18.6 Å². The molecular weight excluding hydrogens is 252 g/mol. The molecule has 0 aliphatic carbocycles. The van der Waals surface area contributed by atoms with E-state index < -0.39 is 0 Å². The molecular formula is C13H19ClN2O2. The number of anilines is 2. The van der Waals surface area contributed by atoms with Crippen LogP contribution in [0.1, 0.15) is 25.7 Å². The average Bonchev–Trinajstić information content (AvgIpc) is 2.33. The Balaban J connectivity index is 0.00000162. The molecule has 18 heavy (non-hydrogen) atoms. The Morgan fingerprint density at radius 2 is 2.17 bits per heavy atom. The largest absolute Gasteiger partial charge is 0.397 e. The number of hydrogen-bond donors (Lipinski definition) is 2. The summed E-state index contributed by atoms with van der Waals surface area (Å²) in [5, 5.41) is 2.81. The lowest BCUT2D eigenvalue weighted by atomic mass is 10.1. The van der Waals surface area contributed by atoms with Crippen LogP contribution in [0, 0.1) is 0 Å². The number of carbonyl (C=O) groups excluding carboxylic acids is 1. The summed E-state index contributed by atoms with van der Waals surface area (Å²) in [6.45, 7) is 0.769. The van der Waals surface area contributed by atoms with Crippen LogP contribution in [0.5, 0.6) is 0 Å². The smallest absolute Gasteiger partial charge is 0.227 e. The summed E-state index contributed by atoms with van der Waals surface area (Å²) in [4.78, 5) is 11.8. The van der Waals surface area contributed by atoms with Crippen molar-refractivity contribution in [3.05, 3.63) is 24.3 Å². The summed E-state index contributed by atoms with van der Waals surface area (Å²) in [6.07, 6.45) is 3.69. The lowest BCUT2D eigenvalue weighted by molar-refractivity contribution is -0.119. The van der Waals surface area contributed by atoms with Gasteiger partial charge < -0.3 is 15.8 Å². The van der Waals surface area contributed by atoms with Gasteiger partial charge in [-0.25, -0.2) is 0 Å². The fourth-order valence-electron chi connectivity index (χ4n) is 1.99. The first-order valence-corrected chi connectivity index (χ1v) is 6.01. The number of hydrogen-bond acceptors (Lipinski definition) is 3. The van der Waals surface area contributed by atoms with Gasteiger partial charge in [0.15, 0.2) is 0 Å². The van der Waals surface area contributed by atoms with Crippen molar-refractivity contribution in [2.75, 3.05) is 17.7 Å². The van der Waals surface area contributed by atoms with E-state index in [1.165, 1.54) is 0 Å². The molecule has 1 heterocycles. The monoisotopic (exact) mass is 270 g/mol. The Labute approximate surface area is 113 Å². The second-order valence-electron chi connectivity index (χ2n) is 4.33. The van der Waals surface area contributed by atoms with Gasteiger partial charge in [-0.05, 0) is 31.4 Å². The number of para-hydroxylation sites is 2. The number of nitrogen functional groups attached to an aromatic ring is 1. The molecule has 1 aliphatic heterocycles. The van der Waals surface area contributed by atoms with Crippen LogP contribution in [0.25, 0.3) is 0 Å². The van der Waals surface area contributed by atoms with Crippen molar-refractivity contribution in [2.45, 2.75) is 31.8 Å². The summed E-state index contributed by atoms with van der Waals surface area (Å²) in [7, 11) is 0. The highest BCUT2D eigenvalue weighted by atomic mass is 35.5. The number of ether oxygens (including phenoxy) is 1. The number of amides is 1. The summed E-state index contributed by atoms with van der Waals surface area (Å²) in [6, 6.07) is 7.26. The van der Waals surface area contributed by atoms with Crippen molar-refractivity contribution in [3.8, 4) is 0 Å². The molecule has 0 aromatic heterocycles. The predicted octanol–water partition coefficient (Wildman–Crippen LogP) is 2.59. The maximum absolute atomic E-state index is 11.8. The fraction of sp³-hybridized carbons (Fsp3) is 0.462. The van der Waals surface area contributed by atoms with Gasteiger partial charge in [-0.15, -0.1) is 12.4 Å². The highest BCUT2D eigenvalue weighted by Gasteiger charge is 2.17. The van der Waals surface area contributed by atoms with E-state index in [9.17, 15) is 4.79 Å². The molecule has 3 N–H and O–H groups in total. The molecule has 4 nitrogen and oxygen atoms in total. The normalized spacial score (nSPS) is 18.8. The van der Waals surface area contributed by atoms with Gasteiger partial charge in [0.25, 0.3) is 0 Å². The van der Waals surface area contributed by atoms with E-state index in [1.807, 2.05) is 12.1 Å². The lowest BCUT2D eigenvalue weighted by Gasteiger charge is -2.22. The summed E-state index contributed by atoms with van der Waals surface area (Å²) < 4.78 is 5.52. The first-order valence-electron chi connectivity index (χ1n) is 6.01. The van der Waals surface area contributed by atoms with Crippen LogP contribution in [0.2, 0.25) is 0 Å². The Morgan fingerprint density at radius 1 is 1.39 bits per heavy atom.